The number of nitrogens with one attached hydrogen (secondary N) is 2. The van der Waals surface area contributed by atoms with Gasteiger partial charge in [0.2, 0.25) is 0 Å². The van der Waals surface area contributed by atoms with E-state index in [4.69, 9.17) is 5.11 Å². The number of aliphatic carboxylic acids is 1. The van der Waals surface area contributed by atoms with Crippen molar-refractivity contribution in [3.63, 3.8) is 0 Å². The molecule has 1 aromatic heterocycles. The number of allylic oxidation sites excluding steroid dienone is 2. The number of carbonyl (C=O) groups is 3. The van der Waals surface area contributed by atoms with Crippen molar-refractivity contribution in [3.05, 3.63) is 83.4 Å². The Kier molecular flexibility index (Phi) is 9.38. The van der Waals surface area contributed by atoms with Crippen LogP contribution in [0.2, 0.25) is 0 Å². The van der Waals surface area contributed by atoms with Crippen LogP contribution in [0, 0.1) is 0 Å². The van der Waals surface area contributed by atoms with Gasteiger partial charge in [-0.15, -0.1) is 11.3 Å². The molecular formula is C29H31N3O6S2. The van der Waals surface area contributed by atoms with Gasteiger partial charge in [-0.05, 0) is 78.8 Å². The maximum atomic E-state index is 13.5. The van der Waals surface area contributed by atoms with E-state index in [0.717, 1.165) is 48.0 Å². The normalized spacial score (nSPS) is 13.3. The molecule has 0 aliphatic heterocycles. The molecule has 4 rings (SSSR count). The number of urea groups is 1. The van der Waals surface area contributed by atoms with Gasteiger partial charge in [0.25, 0.3) is 5.91 Å². The fourth-order valence-electron chi connectivity index (χ4n) is 4.32. The first-order chi connectivity index (χ1) is 19.1. The first-order valence-corrected chi connectivity index (χ1v) is 15.6. The van der Waals surface area contributed by atoms with Crippen LogP contribution in [-0.4, -0.2) is 44.2 Å². The van der Waals surface area contributed by atoms with Gasteiger partial charge >= 0.3 is 12.0 Å². The van der Waals surface area contributed by atoms with E-state index in [-0.39, 0.29) is 29.6 Å². The summed E-state index contributed by atoms with van der Waals surface area (Å²) in [5.41, 5.74) is 4.23. The summed E-state index contributed by atoms with van der Waals surface area (Å²) in [5.74, 6) is -1.37. The van der Waals surface area contributed by atoms with Crippen molar-refractivity contribution >= 4 is 55.3 Å². The number of carboxylic acid groups (broad SMARTS) is 1. The second-order valence-electron chi connectivity index (χ2n) is 9.53. The van der Waals surface area contributed by atoms with Crippen molar-refractivity contribution in [2.75, 3.05) is 23.0 Å². The van der Waals surface area contributed by atoms with Crippen molar-refractivity contribution in [3.8, 4) is 0 Å². The lowest BCUT2D eigenvalue weighted by atomic mass is 9.93. The van der Waals surface area contributed by atoms with Gasteiger partial charge in [-0.2, -0.15) is 0 Å². The predicted molar refractivity (Wildman–Crippen MR) is 157 cm³/mol. The van der Waals surface area contributed by atoms with Gasteiger partial charge in [-0.3, -0.25) is 19.8 Å². The molecule has 0 bridgehead atoms. The molecule has 0 unspecified atom stereocenters. The molecule has 2 aromatic carbocycles. The number of carboxylic acids is 1. The summed E-state index contributed by atoms with van der Waals surface area (Å²) in [6.07, 6.45) is 7.67. The van der Waals surface area contributed by atoms with Crippen LogP contribution in [0.25, 0.3) is 5.57 Å². The molecular weight excluding hydrogens is 550 g/mol. The zero-order valence-electron chi connectivity index (χ0n) is 22.1. The van der Waals surface area contributed by atoms with Crippen LogP contribution in [0.1, 0.15) is 53.6 Å². The minimum atomic E-state index is -3.39. The summed E-state index contributed by atoms with van der Waals surface area (Å²) in [7, 11) is -3.39. The molecule has 0 saturated carbocycles. The van der Waals surface area contributed by atoms with Gasteiger partial charge in [0.05, 0.1) is 18.0 Å². The summed E-state index contributed by atoms with van der Waals surface area (Å²) < 4.78 is 23.9. The van der Waals surface area contributed by atoms with E-state index in [2.05, 4.69) is 16.7 Å². The smallest absolute Gasteiger partial charge is 0.327 e. The largest absolute Gasteiger partial charge is 0.481 e. The zero-order chi connectivity index (χ0) is 28.7. The number of sulfone groups is 1. The highest BCUT2D eigenvalue weighted by Crippen LogP contribution is 2.30. The number of thiophene rings is 1. The first kappa shape index (κ1) is 29.0. The average molecular weight is 582 g/mol. The van der Waals surface area contributed by atoms with Crippen LogP contribution in [0.15, 0.2) is 70.9 Å². The number of hydrogen-bond donors (Lipinski definition) is 3. The number of anilines is 2. The maximum Gasteiger partial charge on any atom is 0.327 e. The highest BCUT2D eigenvalue weighted by molar-refractivity contribution is 7.92. The molecule has 9 nitrogen and oxygen atoms in total. The van der Waals surface area contributed by atoms with Gasteiger partial charge in [0.15, 0.2) is 9.84 Å². The van der Waals surface area contributed by atoms with E-state index < -0.39 is 21.8 Å². The first-order valence-electron chi connectivity index (χ1n) is 12.9. The summed E-state index contributed by atoms with van der Waals surface area (Å²) in [6.45, 7) is 0.222. The predicted octanol–water partition coefficient (Wildman–Crippen LogP) is 5.55. The lowest BCUT2D eigenvalue weighted by Crippen LogP contribution is -2.34. The number of rotatable bonds is 10. The number of carbonyl (C=O) groups excluding carboxylic acids is 2. The molecule has 210 valence electrons. The molecule has 3 N–H and O–H groups in total. The molecule has 1 aliphatic carbocycles. The molecule has 11 heteroatoms. The lowest BCUT2D eigenvalue weighted by molar-refractivity contribution is -0.136. The van der Waals surface area contributed by atoms with Crippen molar-refractivity contribution in [1.29, 1.82) is 0 Å². The van der Waals surface area contributed by atoms with Crippen molar-refractivity contribution in [2.24, 2.45) is 0 Å². The third-order valence-electron chi connectivity index (χ3n) is 6.44. The molecule has 40 heavy (non-hydrogen) atoms. The number of amides is 3. The molecule has 1 aliphatic rings. The third-order valence-corrected chi connectivity index (χ3v) is 9.26. The van der Waals surface area contributed by atoms with Crippen molar-refractivity contribution in [1.82, 2.24) is 5.32 Å². The van der Waals surface area contributed by atoms with Crippen LogP contribution in [0.5, 0.6) is 0 Å². The van der Waals surface area contributed by atoms with Crippen LogP contribution in [0.3, 0.4) is 0 Å². The second kappa shape index (κ2) is 12.9. The Bertz CT molecular complexity index is 1510. The van der Waals surface area contributed by atoms with Gasteiger partial charge in [-0.1, -0.05) is 30.3 Å². The standard InChI is InChI=1S/C29H31N3O6S2/c1-40(37,38)27-16-15-25(39-27)31-29(36)32(24-13-11-22(12-14-24)21-5-3-2-4-6-21)19-20-7-9-23(10-8-20)28(35)30-18-17-26(33)34/h5,7-16H,2-4,6,17-19H2,1H3,(H,30,35)(H,31,36)(H,33,34). The number of hydrogen-bond acceptors (Lipinski definition) is 6. The Balaban J connectivity index is 1.54. The second-order valence-corrected chi connectivity index (χ2v) is 12.9. The van der Waals surface area contributed by atoms with E-state index in [9.17, 15) is 22.8 Å². The van der Waals surface area contributed by atoms with E-state index >= 15 is 0 Å². The molecule has 3 aromatic rings. The minimum absolute atomic E-state index is 0.0283. The SMILES string of the molecule is CS(=O)(=O)c1ccc(NC(=O)N(Cc2ccc(C(=O)NCCC(=O)O)cc2)c2ccc(C3=CCCCC3)cc2)s1. The van der Waals surface area contributed by atoms with Gasteiger partial charge in [0, 0.05) is 24.1 Å². The quantitative estimate of drug-likeness (QED) is 0.287. The molecule has 1 heterocycles. The van der Waals surface area contributed by atoms with E-state index in [1.54, 1.807) is 35.2 Å². The van der Waals surface area contributed by atoms with Crippen LogP contribution < -0.4 is 15.5 Å². The Morgan fingerprint density at radius 3 is 2.30 bits per heavy atom. The van der Waals surface area contributed by atoms with Crippen LogP contribution in [0.4, 0.5) is 15.5 Å². The Morgan fingerprint density at radius 2 is 1.70 bits per heavy atom. The molecule has 0 radical (unpaired) electrons. The minimum Gasteiger partial charge on any atom is -0.481 e. The highest BCUT2D eigenvalue weighted by Gasteiger charge is 2.20. The summed E-state index contributed by atoms with van der Waals surface area (Å²) in [5, 5.41) is 14.5. The fourth-order valence-corrected chi connectivity index (χ4v) is 6.14. The third kappa shape index (κ3) is 7.80. The molecule has 0 fully saturated rings. The lowest BCUT2D eigenvalue weighted by Gasteiger charge is -2.24. The van der Waals surface area contributed by atoms with Crippen LogP contribution in [-0.2, 0) is 21.2 Å². The van der Waals surface area contributed by atoms with Crippen molar-refractivity contribution in [2.45, 2.75) is 42.9 Å². The average Bonchev–Trinajstić information content (AvgIpc) is 3.41. The Labute approximate surface area is 237 Å². The Morgan fingerprint density at radius 1 is 0.975 bits per heavy atom. The summed E-state index contributed by atoms with van der Waals surface area (Å²) >= 11 is 0.986. The van der Waals surface area contributed by atoms with Gasteiger partial charge in [-0.25, -0.2) is 13.2 Å². The van der Waals surface area contributed by atoms with Gasteiger partial charge in [0.1, 0.15) is 4.21 Å². The number of benzene rings is 2. The summed E-state index contributed by atoms with van der Waals surface area (Å²) in [6, 6.07) is 17.1. The topological polar surface area (TPSA) is 133 Å². The fraction of sp³-hybridized carbons (Fsp3) is 0.276. The van der Waals surface area contributed by atoms with Crippen molar-refractivity contribution < 1.29 is 27.9 Å². The monoisotopic (exact) mass is 581 g/mol. The highest BCUT2D eigenvalue weighted by atomic mass is 32.2. The molecule has 3 amide bonds. The summed E-state index contributed by atoms with van der Waals surface area (Å²) in [4.78, 5) is 38.0. The molecule has 0 saturated heterocycles. The van der Waals surface area contributed by atoms with Gasteiger partial charge < -0.3 is 10.4 Å². The molecule has 0 spiro atoms. The zero-order valence-corrected chi connectivity index (χ0v) is 23.7. The van der Waals surface area contributed by atoms with E-state index in [1.807, 2.05) is 24.3 Å². The maximum absolute atomic E-state index is 13.5. The molecule has 0 atom stereocenters. The van der Waals surface area contributed by atoms with Crippen LogP contribution >= 0.6 is 11.3 Å². The number of nitrogens with zero attached hydrogens (tertiary/aromatic N) is 1. The van der Waals surface area contributed by atoms with E-state index in [0.29, 0.717) is 16.3 Å². The Hall–Kier alpha value is -3.96. The van der Waals surface area contributed by atoms with E-state index in [1.165, 1.54) is 18.1 Å².